The summed E-state index contributed by atoms with van der Waals surface area (Å²) >= 11 is 6.81. The van der Waals surface area contributed by atoms with Crippen molar-refractivity contribution in [1.82, 2.24) is 14.5 Å². The van der Waals surface area contributed by atoms with E-state index in [4.69, 9.17) is 12.2 Å². The topological polar surface area (TPSA) is 62.7 Å². The van der Waals surface area contributed by atoms with E-state index in [1.807, 2.05) is 22.9 Å². The minimum Gasteiger partial charge on any atom is -0.337 e. The molecule has 5 nitrogen and oxygen atoms in total. The van der Waals surface area contributed by atoms with Gasteiger partial charge in [-0.05, 0) is 61.7 Å². The fraction of sp³-hybridized carbons (Fsp3) is 0.278. The molecule has 1 aromatic carbocycles. The molecule has 128 valence electrons. The van der Waals surface area contributed by atoms with Crippen molar-refractivity contribution < 1.29 is 4.79 Å². The van der Waals surface area contributed by atoms with Crippen LogP contribution in [0, 0.1) is 10.7 Å². The molecule has 0 unspecified atom stereocenters. The number of hydrogen-bond acceptors (Lipinski definition) is 4. The molecule has 0 saturated carbocycles. The molecule has 4 rings (SSSR count). The minimum atomic E-state index is -0.136. The number of H-pyrrole nitrogens is 1. The number of nitrogens with zero attached hydrogens (tertiary/aromatic N) is 2. The van der Waals surface area contributed by atoms with Gasteiger partial charge in [0.2, 0.25) is 0 Å². The molecule has 1 aliphatic rings. The molecule has 7 heteroatoms. The Labute approximate surface area is 154 Å². The van der Waals surface area contributed by atoms with Gasteiger partial charge in [-0.2, -0.15) is 0 Å². The highest BCUT2D eigenvalue weighted by atomic mass is 32.1. The highest BCUT2D eigenvalue weighted by Gasteiger charge is 2.20. The Morgan fingerprint density at radius 3 is 2.92 bits per heavy atom. The van der Waals surface area contributed by atoms with Crippen LogP contribution in [0.25, 0.3) is 5.69 Å². The molecule has 0 aliphatic heterocycles. The van der Waals surface area contributed by atoms with Crippen LogP contribution >= 0.6 is 23.6 Å². The van der Waals surface area contributed by atoms with E-state index in [9.17, 15) is 4.79 Å². The second-order valence-electron chi connectivity index (χ2n) is 6.37. The van der Waals surface area contributed by atoms with Crippen LogP contribution in [0.1, 0.15) is 34.3 Å². The van der Waals surface area contributed by atoms with Gasteiger partial charge in [0.1, 0.15) is 0 Å². The number of anilines is 1. The summed E-state index contributed by atoms with van der Waals surface area (Å²) in [6.45, 7) is 2.26. The number of carbonyl (C=O) groups excluding carboxylic acids is 1. The van der Waals surface area contributed by atoms with E-state index in [0.29, 0.717) is 21.4 Å². The summed E-state index contributed by atoms with van der Waals surface area (Å²) < 4.78 is 2.48. The third-order valence-electron chi connectivity index (χ3n) is 4.46. The lowest BCUT2D eigenvalue weighted by atomic mass is 9.93. The van der Waals surface area contributed by atoms with Gasteiger partial charge in [-0.3, -0.25) is 14.7 Å². The van der Waals surface area contributed by atoms with Crippen LogP contribution in [0.15, 0.2) is 36.7 Å². The third-order valence-corrected chi connectivity index (χ3v) is 5.81. The van der Waals surface area contributed by atoms with Gasteiger partial charge in [0.25, 0.3) is 5.91 Å². The van der Waals surface area contributed by atoms with Crippen molar-refractivity contribution in [3.05, 3.63) is 57.6 Å². The van der Waals surface area contributed by atoms with Crippen molar-refractivity contribution in [3.8, 4) is 5.69 Å². The fourth-order valence-corrected chi connectivity index (χ4v) is 4.46. The number of imidazole rings is 1. The number of nitrogens with one attached hydrogen (secondary N) is 2. The maximum absolute atomic E-state index is 12.5. The number of amides is 1. The lowest BCUT2D eigenvalue weighted by Gasteiger charge is -2.15. The number of thiazole rings is 1. The molecular weight excluding hydrogens is 352 g/mol. The molecule has 1 atom stereocenters. The maximum atomic E-state index is 12.5. The van der Waals surface area contributed by atoms with Gasteiger partial charge in [0.15, 0.2) is 9.90 Å². The van der Waals surface area contributed by atoms with Gasteiger partial charge in [-0.25, -0.2) is 4.98 Å². The average Bonchev–Trinajstić information content (AvgIpc) is 3.20. The number of aromatic amines is 1. The molecule has 0 fully saturated rings. The van der Waals surface area contributed by atoms with Gasteiger partial charge in [0, 0.05) is 28.5 Å². The van der Waals surface area contributed by atoms with Crippen molar-refractivity contribution in [2.45, 2.75) is 26.2 Å². The Kier molecular flexibility index (Phi) is 4.27. The van der Waals surface area contributed by atoms with E-state index in [2.05, 4.69) is 22.2 Å². The van der Waals surface area contributed by atoms with E-state index in [-0.39, 0.29) is 5.91 Å². The van der Waals surface area contributed by atoms with Crippen LogP contribution in [0.5, 0.6) is 0 Å². The third kappa shape index (κ3) is 3.29. The van der Waals surface area contributed by atoms with E-state index in [1.165, 1.54) is 11.3 Å². The lowest BCUT2D eigenvalue weighted by molar-refractivity contribution is 0.102. The predicted octanol–water partition coefficient (Wildman–Crippen LogP) is 4.37. The van der Waals surface area contributed by atoms with Crippen molar-refractivity contribution in [2.24, 2.45) is 5.92 Å². The summed E-state index contributed by atoms with van der Waals surface area (Å²) in [5, 5.41) is 3.63. The summed E-state index contributed by atoms with van der Waals surface area (Å²) in [7, 11) is 0. The van der Waals surface area contributed by atoms with Gasteiger partial charge in [-0.1, -0.05) is 6.92 Å². The van der Waals surface area contributed by atoms with Gasteiger partial charge in [0.05, 0.1) is 5.69 Å². The van der Waals surface area contributed by atoms with Crippen LogP contribution in [0.3, 0.4) is 0 Å². The second kappa shape index (κ2) is 6.57. The van der Waals surface area contributed by atoms with Crippen molar-refractivity contribution in [2.75, 3.05) is 5.32 Å². The Bertz CT molecular complexity index is 968. The standard InChI is InChI=1S/C18H18N4OS2/c1-11-2-7-14-15(10-11)25-17(20-14)21-16(23)12-3-5-13(6-4-12)22-9-8-19-18(22)24/h3-6,8-9,11H,2,7,10H2,1H3,(H,19,24)(H,20,21,23)/t11-/m1/s1. The van der Waals surface area contributed by atoms with Crippen LogP contribution < -0.4 is 5.32 Å². The number of aryl methyl sites for hydroxylation is 1. The molecule has 1 aliphatic carbocycles. The quantitative estimate of drug-likeness (QED) is 0.673. The van der Waals surface area contributed by atoms with Crippen LogP contribution in [0.2, 0.25) is 0 Å². The zero-order valence-electron chi connectivity index (χ0n) is 13.8. The van der Waals surface area contributed by atoms with Gasteiger partial charge >= 0.3 is 0 Å². The number of aromatic nitrogens is 3. The number of benzene rings is 1. The van der Waals surface area contributed by atoms with Crippen molar-refractivity contribution >= 4 is 34.6 Å². The first-order chi connectivity index (χ1) is 12.1. The van der Waals surface area contributed by atoms with Gasteiger partial charge in [-0.15, -0.1) is 11.3 Å². The molecule has 2 aromatic heterocycles. The Balaban J connectivity index is 1.50. The van der Waals surface area contributed by atoms with E-state index >= 15 is 0 Å². The van der Waals surface area contributed by atoms with E-state index in [0.717, 1.165) is 24.2 Å². The zero-order valence-corrected chi connectivity index (χ0v) is 15.4. The molecule has 3 aromatic rings. The predicted molar refractivity (Wildman–Crippen MR) is 102 cm³/mol. The average molecular weight is 371 g/mol. The summed E-state index contributed by atoms with van der Waals surface area (Å²) in [6.07, 6.45) is 6.89. The first-order valence-corrected chi connectivity index (χ1v) is 9.49. The minimum absolute atomic E-state index is 0.136. The summed E-state index contributed by atoms with van der Waals surface area (Å²) in [4.78, 5) is 21.3. The Morgan fingerprint density at radius 2 is 2.20 bits per heavy atom. The van der Waals surface area contributed by atoms with Gasteiger partial charge < -0.3 is 4.98 Å². The number of rotatable bonds is 3. The Hall–Kier alpha value is -2.25. The summed E-state index contributed by atoms with van der Waals surface area (Å²) in [6, 6.07) is 7.37. The first-order valence-electron chi connectivity index (χ1n) is 8.26. The molecule has 25 heavy (non-hydrogen) atoms. The molecule has 2 N–H and O–H groups in total. The molecule has 0 bridgehead atoms. The molecule has 0 radical (unpaired) electrons. The monoisotopic (exact) mass is 370 g/mol. The molecule has 1 amide bonds. The van der Waals surface area contributed by atoms with E-state index in [1.54, 1.807) is 29.7 Å². The summed E-state index contributed by atoms with van der Waals surface area (Å²) in [5.41, 5.74) is 2.67. The zero-order chi connectivity index (χ0) is 17.4. The number of carbonyl (C=O) groups is 1. The molecule has 0 spiro atoms. The lowest BCUT2D eigenvalue weighted by Crippen LogP contribution is -2.12. The van der Waals surface area contributed by atoms with Crippen molar-refractivity contribution in [1.29, 1.82) is 0 Å². The number of hydrogen-bond donors (Lipinski definition) is 2. The fourth-order valence-electron chi connectivity index (χ4n) is 3.06. The SMILES string of the molecule is C[C@@H]1CCc2nc(NC(=O)c3ccc(-n4cc[nH]c4=S)cc3)sc2C1. The second-order valence-corrected chi connectivity index (χ2v) is 7.84. The summed E-state index contributed by atoms with van der Waals surface area (Å²) in [5.74, 6) is 0.563. The molecular formula is C18H18N4OS2. The first kappa shape index (κ1) is 16.2. The largest absolute Gasteiger partial charge is 0.337 e. The maximum Gasteiger partial charge on any atom is 0.257 e. The Morgan fingerprint density at radius 1 is 1.40 bits per heavy atom. The van der Waals surface area contributed by atoms with E-state index < -0.39 is 0 Å². The highest BCUT2D eigenvalue weighted by Crippen LogP contribution is 2.32. The van der Waals surface area contributed by atoms with Crippen molar-refractivity contribution in [3.63, 3.8) is 0 Å². The molecule has 2 heterocycles. The van der Waals surface area contributed by atoms with Crippen LogP contribution in [-0.2, 0) is 12.8 Å². The normalized spacial score (nSPS) is 16.4. The smallest absolute Gasteiger partial charge is 0.257 e. The molecule has 0 saturated heterocycles. The number of fused-ring (bicyclic) bond motifs is 1. The van der Waals surface area contributed by atoms with Crippen LogP contribution in [-0.4, -0.2) is 20.4 Å². The van der Waals surface area contributed by atoms with Crippen LogP contribution in [0.4, 0.5) is 5.13 Å². The highest BCUT2D eigenvalue weighted by molar-refractivity contribution is 7.71.